The van der Waals surface area contributed by atoms with Gasteiger partial charge in [-0.3, -0.25) is 4.57 Å². The highest BCUT2D eigenvalue weighted by Gasteiger charge is 2.37. The Balaban J connectivity index is 1.31. The maximum Gasteiger partial charge on any atom is 0.416 e. The van der Waals surface area contributed by atoms with Crippen molar-refractivity contribution in [3.63, 3.8) is 0 Å². The lowest BCUT2D eigenvalue weighted by Crippen LogP contribution is -2.38. The predicted octanol–water partition coefficient (Wildman–Crippen LogP) is 7.43. The Kier molecular flexibility index (Phi) is 9.86. The van der Waals surface area contributed by atoms with E-state index in [1.54, 1.807) is 0 Å². The zero-order chi connectivity index (χ0) is 32.2. The number of benzene rings is 3. The molecule has 1 aliphatic rings. The largest absolute Gasteiger partial charge is 0.416 e. The van der Waals surface area contributed by atoms with E-state index < -0.39 is 23.5 Å². The molecule has 11 heteroatoms. The highest BCUT2D eigenvalue weighted by atomic mass is 19.4. The molecule has 5 rings (SSSR count). The smallest absolute Gasteiger partial charge is 0.303 e. The number of likely N-dealkylation sites (tertiary alicyclic amines) is 1. The van der Waals surface area contributed by atoms with Crippen molar-refractivity contribution in [2.24, 2.45) is 5.92 Å². The third-order valence-electron chi connectivity index (χ3n) is 8.38. The molecule has 0 N–H and O–H groups in total. The van der Waals surface area contributed by atoms with Crippen LogP contribution in [0, 0.1) is 5.92 Å². The van der Waals surface area contributed by atoms with Gasteiger partial charge in [-0.15, -0.1) is 0 Å². The van der Waals surface area contributed by atoms with E-state index in [-0.39, 0.29) is 42.6 Å². The molecule has 0 amide bonds. The molecule has 1 atom stereocenters. The summed E-state index contributed by atoms with van der Waals surface area (Å²) in [6.45, 7) is 5.25. The summed E-state index contributed by atoms with van der Waals surface area (Å²) in [5.41, 5.74) is -1.02. The third-order valence-corrected chi connectivity index (χ3v) is 8.38. The third kappa shape index (κ3) is 8.45. The number of hydrogen-bond donors (Lipinski definition) is 0. The monoisotopic (exact) mass is 630 g/mol. The van der Waals surface area contributed by atoms with E-state index >= 15 is 0 Å². The lowest BCUT2D eigenvalue weighted by atomic mass is 9.89. The fourth-order valence-corrected chi connectivity index (χ4v) is 6.10. The Morgan fingerprint density at radius 3 is 1.93 bits per heavy atom. The molecule has 5 nitrogen and oxygen atoms in total. The van der Waals surface area contributed by atoms with Crippen molar-refractivity contribution < 1.29 is 26.3 Å². The van der Waals surface area contributed by atoms with Crippen LogP contribution in [-0.4, -0.2) is 38.9 Å². The van der Waals surface area contributed by atoms with Gasteiger partial charge in [-0.25, -0.2) is 9.48 Å². The summed E-state index contributed by atoms with van der Waals surface area (Å²) in [6, 6.07) is 21.2. The Morgan fingerprint density at radius 1 is 0.778 bits per heavy atom. The van der Waals surface area contributed by atoms with Crippen LogP contribution < -0.4 is 5.69 Å². The maximum atomic E-state index is 13.6. The number of alkyl halides is 6. The minimum absolute atomic E-state index is 0.00490. The van der Waals surface area contributed by atoms with Gasteiger partial charge in [0.2, 0.25) is 0 Å². The maximum absolute atomic E-state index is 13.6. The van der Waals surface area contributed by atoms with Crippen molar-refractivity contribution in [2.45, 2.75) is 64.0 Å². The first-order chi connectivity index (χ1) is 21.4. The molecule has 45 heavy (non-hydrogen) atoms. The lowest BCUT2D eigenvalue weighted by Gasteiger charge is -2.33. The molecule has 0 bridgehead atoms. The second-order valence-electron chi connectivity index (χ2n) is 12.0. The molecule has 1 aliphatic heterocycles. The van der Waals surface area contributed by atoms with Crippen LogP contribution in [0.2, 0.25) is 0 Å². The summed E-state index contributed by atoms with van der Waals surface area (Å²) in [5.74, 6) is 0.924. The fraction of sp³-hybridized carbons (Fsp3) is 0.412. The SMILES string of the molecule is CC(CN1CCC(c2ccccc2)CC1)Cn1nc(CCc2cc(C(F)(F)F)cc(C(F)(F)F)c2)n(Cc2ccccc2)c1=O. The summed E-state index contributed by atoms with van der Waals surface area (Å²) in [6.07, 6.45) is -7.91. The van der Waals surface area contributed by atoms with Crippen LogP contribution in [0.15, 0.2) is 83.7 Å². The Morgan fingerprint density at radius 2 is 1.36 bits per heavy atom. The van der Waals surface area contributed by atoms with Crippen molar-refractivity contribution in [1.82, 2.24) is 19.2 Å². The molecular formula is C34H36F6N4O. The van der Waals surface area contributed by atoms with Crippen molar-refractivity contribution in [3.05, 3.63) is 123 Å². The molecule has 1 aromatic heterocycles. The normalized spacial score (nSPS) is 15.8. The van der Waals surface area contributed by atoms with Gasteiger partial charge in [-0.05, 0) is 79.1 Å². The molecule has 0 aliphatic carbocycles. The number of nitrogens with zero attached hydrogens (tertiary/aromatic N) is 4. The van der Waals surface area contributed by atoms with Gasteiger partial charge in [-0.1, -0.05) is 67.6 Å². The number of aryl methyl sites for hydroxylation is 2. The van der Waals surface area contributed by atoms with Gasteiger partial charge in [-0.2, -0.15) is 31.4 Å². The van der Waals surface area contributed by atoms with E-state index in [0.717, 1.165) is 50.2 Å². The molecule has 0 radical (unpaired) electrons. The molecule has 1 unspecified atom stereocenters. The zero-order valence-corrected chi connectivity index (χ0v) is 25.0. The van der Waals surface area contributed by atoms with Gasteiger partial charge in [0.15, 0.2) is 0 Å². The predicted molar refractivity (Wildman–Crippen MR) is 160 cm³/mol. The quantitative estimate of drug-likeness (QED) is 0.171. The van der Waals surface area contributed by atoms with Gasteiger partial charge in [0, 0.05) is 13.0 Å². The summed E-state index contributed by atoms with van der Waals surface area (Å²) in [4.78, 5) is 15.9. The van der Waals surface area contributed by atoms with E-state index in [0.29, 0.717) is 18.3 Å². The van der Waals surface area contributed by atoms with E-state index in [4.69, 9.17) is 0 Å². The molecule has 3 aromatic carbocycles. The molecule has 1 fully saturated rings. The summed E-state index contributed by atoms with van der Waals surface area (Å²) >= 11 is 0. The molecule has 4 aromatic rings. The number of piperidine rings is 1. The standard InChI is InChI=1S/C34H36F6N4O/c1-24(21-42-16-14-28(15-17-42)27-10-6-3-7-11-27)22-44-32(45)43(23-25-8-4-2-5-9-25)31(41-44)13-12-26-18-29(33(35,36)37)20-30(19-26)34(38,39)40/h2-11,18-20,24,28H,12-17,21-23H2,1H3. The Labute approximate surface area is 258 Å². The summed E-state index contributed by atoms with van der Waals surface area (Å²) in [7, 11) is 0. The van der Waals surface area contributed by atoms with Gasteiger partial charge in [0.05, 0.1) is 24.2 Å². The second-order valence-corrected chi connectivity index (χ2v) is 12.0. The lowest BCUT2D eigenvalue weighted by molar-refractivity contribution is -0.143. The van der Waals surface area contributed by atoms with Gasteiger partial charge >= 0.3 is 18.0 Å². The second kappa shape index (κ2) is 13.6. The topological polar surface area (TPSA) is 43.1 Å². The number of hydrogen-bond acceptors (Lipinski definition) is 3. The first-order valence-electron chi connectivity index (χ1n) is 15.1. The average Bonchev–Trinajstić information content (AvgIpc) is 3.29. The molecule has 0 saturated carbocycles. The van der Waals surface area contributed by atoms with Gasteiger partial charge in [0.25, 0.3) is 0 Å². The Bertz CT molecular complexity index is 1570. The first-order valence-corrected chi connectivity index (χ1v) is 15.1. The fourth-order valence-electron chi connectivity index (χ4n) is 6.10. The van der Waals surface area contributed by atoms with Crippen LogP contribution >= 0.6 is 0 Å². The van der Waals surface area contributed by atoms with Crippen LogP contribution in [0.3, 0.4) is 0 Å². The van der Waals surface area contributed by atoms with Crippen LogP contribution in [0.1, 0.15) is 59.3 Å². The van der Waals surface area contributed by atoms with Crippen molar-refractivity contribution in [2.75, 3.05) is 19.6 Å². The highest BCUT2D eigenvalue weighted by molar-refractivity contribution is 5.34. The zero-order valence-electron chi connectivity index (χ0n) is 25.0. The van der Waals surface area contributed by atoms with Gasteiger partial charge < -0.3 is 4.90 Å². The van der Waals surface area contributed by atoms with Crippen molar-refractivity contribution in [3.8, 4) is 0 Å². The Hall–Kier alpha value is -3.86. The van der Waals surface area contributed by atoms with Crippen molar-refractivity contribution >= 4 is 0 Å². The van der Waals surface area contributed by atoms with Gasteiger partial charge in [0.1, 0.15) is 5.82 Å². The molecule has 2 heterocycles. The summed E-state index contributed by atoms with van der Waals surface area (Å²) in [5, 5.41) is 4.55. The number of aromatic nitrogens is 3. The summed E-state index contributed by atoms with van der Waals surface area (Å²) < 4.78 is 83.3. The highest BCUT2D eigenvalue weighted by Crippen LogP contribution is 2.36. The van der Waals surface area contributed by atoms with Crippen molar-refractivity contribution in [1.29, 1.82) is 0 Å². The molecular weight excluding hydrogens is 594 g/mol. The minimum Gasteiger partial charge on any atom is -0.303 e. The number of halogens is 6. The van der Waals surface area contributed by atoms with Crippen LogP contribution in [-0.2, 0) is 38.3 Å². The minimum atomic E-state index is -4.93. The van der Waals surface area contributed by atoms with E-state index in [9.17, 15) is 31.1 Å². The average molecular weight is 631 g/mol. The van der Waals surface area contributed by atoms with Crippen LogP contribution in [0.5, 0.6) is 0 Å². The molecule has 0 spiro atoms. The van der Waals surface area contributed by atoms with Crippen LogP contribution in [0.4, 0.5) is 26.3 Å². The van der Waals surface area contributed by atoms with E-state index in [2.05, 4.69) is 34.3 Å². The van der Waals surface area contributed by atoms with E-state index in [1.807, 2.05) is 43.3 Å². The van der Waals surface area contributed by atoms with Crippen LogP contribution in [0.25, 0.3) is 0 Å². The molecule has 240 valence electrons. The molecule has 1 saturated heterocycles. The number of rotatable bonds is 10. The van der Waals surface area contributed by atoms with E-state index in [1.165, 1.54) is 14.8 Å². The first kappa shape index (κ1) is 32.5.